The molecule has 2 aromatic carbocycles. The zero-order chi connectivity index (χ0) is 19.4. The summed E-state index contributed by atoms with van der Waals surface area (Å²) in [5.74, 6) is -1.76. The lowest BCUT2D eigenvalue weighted by Crippen LogP contribution is -2.25. The van der Waals surface area contributed by atoms with Gasteiger partial charge in [-0.1, -0.05) is 17.7 Å². The van der Waals surface area contributed by atoms with Crippen LogP contribution in [0.25, 0.3) is 0 Å². The van der Waals surface area contributed by atoms with E-state index in [0.717, 1.165) is 0 Å². The van der Waals surface area contributed by atoms with E-state index in [-0.39, 0.29) is 31.4 Å². The molecule has 2 N–H and O–H groups in total. The third-order valence-corrected chi connectivity index (χ3v) is 4.34. The quantitative estimate of drug-likeness (QED) is 0.793. The number of nitrogens with zero attached hydrogens (tertiary/aromatic N) is 1. The molecule has 1 saturated heterocycles. The van der Waals surface area contributed by atoms with Crippen molar-refractivity contribution in [1.82, 2.24) is 0 Å². The van der Waals surface area contributed by atoms with Gasteiger partial charge in [0.2, 0.25) is 5.91 Å². The minimum absolute atomic E-state index is 0.00272. The monoisotopic (exact) mass is 388 g/mol. The van der Waals surface area contributed by atoms with E-state index in [1.54, 1.807) is 48.5 Å². The van der Waals surface area contributed by atoms with Gasteiger partial charge in [-0.2, -0.15) is 0 Å². The van der Waals surface area contributed by atoms with E-state index in [4.69, 9.17) is 21.4 Å². The van der Waals surface area contributed by atoms with Gasteiger partial charge in [0.05, 0.1) is 5.92 Å². The fourth-order valence-corrected chi connectivity index (χ4v) is 2.95. The number of benzene rings is 2. The molecule has 140 valence electrons. The van der Waals surface area contributed by atoms with Crippen LogP contribution in [0.15, 0.2) is 48.5 Å². The highest BCUT2D eigenvalue weighted by Gasteiger charge is 2.34. The van der Waals surface area contributed by atoms with Gasteiger partial charge in [-0.3, -0.25) is 14.4 Å². The van der Waals surface area contributed by atoms with Crippen molar-refractivity contribution in [2.24, 2.45) is 5.92 Å². The van der Waals surface area contributed by atoms with Crippen LogP contribution >= 0.6 is 11.6 Å². The van der Waals surface area contributed by atoms with Gasteiger partial charge in [0.1, 0.15) is 5.75 Å². The van der Waals surface area contributed by atoms with Gasteiger partial charge < -0.3 is 20.1 Å². The highest BCUT2D eigenvalue weighted by Crippen LogP contribution is 2.27. The van der Waals surface area contributed by atoms with E-state index in [0.29, 0.717) is 22.1 Å². The first-order valence-corrected chi connectivity index (χ1v) is 8.61. The molecule has 1 aliphatic rings. The van der Waals surface area contributed by atoms with Gasteiger partial charge in [0, 0.05) is 29.4 Å². The lowest BCUT2D eigenvalue weighted by atomic mass is 10.1. The summed E-state index contributed by atoms with van der Waals surface area (Å²) in [6.45, 7) is -0.0357. The molecule has 0 radical (unpaired) electrons. The molecule has 0 unspecified atom stereocenters. The van der Waals surface area contributed by atoms with Crippen LogP contribution in [0, 0.1) is 5.92 Å². The highest BCUT2D eigenvalue weighted by molar-refractivity contribution is 6.30. The summed E-state index contributed by atoms with van der Waals surface area (Å²) in [6.07, 6.45) is -0.00272. The van der Waals surface area contributed by atoms with Crippen molar-refractivity contribution in [2.75, 3.05) is 23.4 Å². The Morgan fingerprint density at radius 2 is 1.96 bits per heavy atom. The van der Waals surface area contributed by atoms with Crippen LogP contribution in [0.3, 0.4) is 0 Å². The zero-order valence-electron chi connectivity index (χ0n) is 14.2. The second-order valence-electron chi connectivity index (χ2n) is 6.08. The highest BCUT2D eigenvalue weighted by atomic mass is 35.5. The molecule has 1 fully saturated rings. The SMILES string of the molecule is O=C(COc1ccc(N2C[C@H](C(=O)O)CC2=O)cc1)Nc1cccc(Cl)c1. The van der Waals surface area contributed by atoms with Crippen LogP contribution < -0.4 is 15.0 Å². The van der Waals surface area contributed by atoms with Gasteiger partial charge in [0.15, 0.2) is 6.61 Å². The molecule has 7 nitrogen and oxygen atoms in total. The van der Waals surface area contributed by atoms with Gasteiger partial charge in [-0.05, 0) is 42.5 Å². The number of carbonyl (C=O) groups is 3. The molecule has 0 aromatic heterocycles. The molecule has 1 heterocycles. The van der Waals surface area contributed by atoms with Crippen molar-refractivity contribution in [1.29, 1.82) is 0 Å². The number of ether oxygens (including phenoxy) is 1. The predicted octanol–water partition coefficient (Wildman–Crippen LogP) is 2.80. The molecule has 0 saturated carbocycles. The molecule has 0 aliphatic carbocycles. The topological polar surface area (TPSA) is 95.9 Å². The standard InChI is InChI=1S/C19H17ClN2O5/c20-13-2-1-3-14(9-13)21-17(23)11-27-16-6-4-15(5-7-16)22-10-12(19(25)26)8-18(22)24/h1-7,9,12H,8,10-11H2,(H,21,23)(H,25,26)/t12-/m1/s1. The van der Waals surface area contributed by atoms with Crippen molar-refractivity contribution < 1.29 is 24.2 Å². The number of aliphatic carboxylic acids is 1. The van der Waals surface area contributed by atoms with Crippen LogP contribution in [0.2, 0.25) is 5.02 Å². The Morgan fingerprint density at radius 3 is 2.59 bits per heavy atom. The normalized spacial score (nSPS) is 16.3. The Hall–Kier alpha value is -3.06. The summed E-state index contributed by atoms with van der Waals surface area (Å²) in [6, 6.07) is 13.4. The third kappa shape index (κ3) is 4.77. The number of hydrogen-bond donors (Lipinski definition) is 2. The van der Waals surface area contributed by atoms with Gasteiger partial charge >= 0.3 is 5.97 Å². The summed E-state index contributed by atoms with van der Waals surface area (Å²) in [5, 5.41) is 12.2. The Labute approximate surface area is 160 Å². The predicted molar refractivity (Wildman–Crippen MR) is 100 cm³/mol. The van der Waals surface area contributed by atoms with E-state index in [9.17, 15) is 14.4 Å². The van der Waals surface area contributed by atoms with Crippen LogP contribution in [-0.2, 0) is 14.4 Å². The van der Waals surface area contributed by atoms with Crippen molar-refractivity contribution in [3.8, 4) is 5.75 Å². The number of rotatable bonds is 6. The first-order chi connectivity index (χ1) is 12.9. The van der Waals surface area contributed by atoms with Crippen molar-refractivity contribution in [3.63, 3.8) is 0 Å². The molecule has 8 heteroatoms. The van der Waals surface area contributed by atoms with Gasteiger partial charge in [-0.25, -0.2) is 0 Å². The molecule has 0 spiro atoms. The molecule has 1 aliphatic heterocycles. The minimum atomic E-state index is -0.975. The second kappa shape index (κ2) is 8.09. The van der Waals surface area contributed by atoms with Gasteiger partial charge in [-0.15, -0.1) is 0 Å². The van der Waals surface area contributed by atoms with Crippen LogP contribution in [-0.4, -0.2) is 36.0 Å². The largest absolute Gasteiger partial charge is 0.484 e. The first-order valence-electron chi connectivity index (χ1n) is 8.24. The summed E-state index contributed by atoms with van der Waals surface area (Å²) < 4.78 is 5.43. The number of nitrogens with one attached hydrogen (secondary N) is 1. The Bertz CT molecular complexity index is 869. The second-order valence-corrected chi connectivity index (χ2v) is 6.52. The number of hydrogen-bond acceptors (Lipinski definition) is 4. The minimum Gasteiger partial charge on any atom is -0.484 e. The fourth-order valence-electron chi connectivity index (χ4n) is 2.76. The number of carboxylic acids is 1. The smallest absolute Gasteiger partial charge is 0.308 e. The Balaban J connectivity index is 1.54. The number of carboxylic acid groups (broad SMARTS) is 1. The summed E-state index contributed by atoms with van der Waals surface area (Å²) >= 11 is 5.86. The number of carbonyl (C=O) groups excluding carboxylic acids is 2. The van der Waals surface area contributed by atoms with Crippen LogP contribution in [0.4, 0.5) is 11.4 Å². The van der Waals surface area contributed by atoms with Crippen LogP contribution in [0.1, 0.15) is 6.42 Å². The average Bonchev–Trinajstić information content (AvgIpc) is 3.02. The molecule has 1 atom stereocenters. The Kier molecular flexibility index (Phi) is 5.61. The molecule has 2 aromatic rings. The van der Waals surface area contributed by atoms with E-state index in [2.05, 4.69) is 5.32 Å². The average molecular weight is 389 g/mol. The Morgan fingerprint density at radius 1 is 1.22 bits per heavy atom. The van der Waals surface area contributed by atoms with E-state index < -0.39 is 11.9 Å². The van der Waals surface area contributed by atoms with Gasteiger partial charge in [0.25, 0.3) is 5.91 Å². The summed E-state index contributed by atoms with van der Waals surface area (Å²) in [7, 11) is 0. The zero-order valence-corrected chi connectivity index (χ0v) is 15.0. The van der Waals surface area contributed by atoms with Crippen LogP contribution in [0.5, 0.6) is 5.75 Å². The summed E-state index contributed by atoms with van der Waals surface area (Å²) in [4.78, 5) is 36.4. The maximum Gasteiger partial charge on any atom is 0.308 e. The maximum atomic E-state index is 12.0. The molecular weight excluding hydrogens is 372 g/mol. The molecule has 3 rings (SSSR count). The molecule has 0 bridgehead atoms. The number of anilines is 2. The number of amides is 2. The number of halogens is 1. The van der Waals surface area contributed by atoms with E-state index in [1.807, 2.05) is 0 Å². The van der Waals surface area contributed by atoms with E-state index >= 15 is 0 Å². The fraction of sp³-hybridized carbons (Fsp3) is 0.211. The lowest BCUT2D eigenvalue weighted by molar-refractivity contribution is -0.141. The van der Waals surface area contributed by atoms with Crippen molar-refractivity contribution >= 4 is 40.8 Å². The first kappa shape index (κ1) is 18.7. The van der Waals surface area contributed by atoms with Crippen molar-refractivity contribution in [3.05, 3.63) is 53.6 Å². The molecular formula is C19H17ClN2O5. The molecule has 2 amide bonds. The molecule has 27 heavy (non-hydrogen) atoms. The van der Waals surface area contributed by atoms with Crippen molar-refractivity contribution in [2.45, 2.75) is 6.42 Å². The summed E-state index contributed by atoms with van der Waals surface area (Å²) in [5.41, 5.74) is 1.17. The lowest BCUT2D eigenvalue weighted by Gasteiger charge is -2.16. The maximum absolute atomic E-state index is 12.0. The van der Waals surface area contributed by atoms with E-state index in [1.165, 1.54) is 4.90 Å². The third-order valence-electron chi connectivity index (χ3n) is 4.10.